The van der Waals surface area contributed by atoms with Crippen LogP contribution >= 0.6 is 0 Å². The van der Waals surface area contributed by atoms with Gasteiger partial charge in [-0.3, -0.25) is 9.10 Å². The van der Waals surface area contributed by atoms with Crippen LogP contribution in [0.25, 0.3) is 0 Å². The Bertz CT molecular complexity index is 926. The molecule has 1 N–H and O–H groups in total. The van der Waals surface area contributed by atoms with Crippen molar-refractivity contribution in [1.82, 2.24) is 5.43 Å². The van der Waals surface area contributed by atoms with Crippen LogP contribution in [0.5, 0.6) is 5.75 Å². The summed E-state index contributed by atoms with van der Waals surface area (Å²) in [6.45, 7) is 1.57. The lowest BCUT2D eigenvalue weighted by molar-refractivity contribution is -0.119. The Kier molecular flexibility index (Phi) is 6.95. The van der Waals surface area contributed by atoms with Gasteiger partial charge in [0.1, 0.15) is 12.3 Å². The average molecular weight is 389 g/mol. The van der Waals surface area contributed by atoms with E-state index in [1.54, 1.807) is 31.4 Å². The highest BCUT2D eigenvalue weighted by molar-refractivity contribution is 7.92. The zero-order chi connectivity index (χ0) is 19.9. The summed E-state index contributed by atoms with van der Waals surface area (Å²) >= 11 is 0. The lowest BCUT2D eigenvalue weighted by Crippen LogP contribution is -2.39. The fourth-order valence-electron chi connectivity index (χ4n) is 2.55. The van der Waals surface area contributed by atoms with E-state index in [1.165, 1.54) is 6.21 Å². The molecule has 7 nitrogen and oxygen atoms in total. The minimum absolute atomic E-state index is 0.362. The highest BCUT2D eigenvalue weighted by Crippen LogP contribution is 2.23. The van der Waals surface area contributed by atoms with Crippen LogP contribution in [-0.4, -0.2) is 40.4 Å². The molecule has 8 heteroatoms. The van der Waals surface area contributed by atoms with Crippen LogP contribution in [0.4, 0.5) is 5.69 Å². The van der Waals surface area contributed by atoms with Gasteiger partial charge in [-0.1, -0.05) is 37.3 Å². The van der Waals surface area contributed by atoms with E-state index in [0.717, 1.165) is 16.1 Å². The number of ether oxygens (including phenoxy) is 1. The normalized spacial score (nSPS) is 11.4. The first kappa shape index (κ1) is 20.4. The zero-order valence-corrected chi connectivity index (χ0v) is 16.4. The van der Waals surface area contributed by atoms with Crippen LogP contribution in [0.3, 0.4) is 0 Å². The number of hydrazone groups is 1. The van der Waals surface area contributed by atoms with Crippen molar-refractivity contribution in [3.63, 3.8) is 0 Å². The van der Waals surface area contributed by atoms with Gasteiger partial charge in [-0.25, -0.2) is 13.8 Å². The summed E-state index contributed by atoms with van der Waals surface area (Å²) in [6, 6.07) is 14.3. The number of aryl methyl sites for hydroxylation is 1. The molecule has 0 heterocycles. The molecule has 1 amide bonds. The van der Waals surface area contributed by atoms with Gasteiger partial charge in [-0.2, -0.15) is 5.10 Å². The van der Waals surface area contributed by atoms with Gasteiger partial charge in [0.15, 0.2) is 0 Å². The van der Waals surface area contributed by atoms with Gasteiger partial charge in [0, 0.05) is 5.56 Å². The molecule has 27 heavy (non-hydrogen) atoms. The Morgan fingerprint density at radius 2 is 1.85 bits per heavy atom. The van der Waals surface area contributed by atoms with E-state index in [1.807, 2.05) is 31.2 Å². The first-order chi connectivity index (χ1) is 12.9. The fourth-order valence-corrected chi connectivity index (χ4v) is 3.43. The molecule has 2 rings (SSSR count). The molecule has 2 aromatic carbocycles. The van der Waals surface area contributed by atoms with Crippen LogP contribution in [0.1, 0.15) is 18.1 Å². The van der Waals surface area contributed by atoms with Crippen molar-refractivity contribution in [2.75, 3.05) is 24.2 Å². The number of nitrogens with one attached hydrogen (secondary N) is 1. The summed E-state index contributed by atoms with van der Waals surface area (Å²) in [5, 5.41) is 3.90. The predicted octanol–water partition coefficient (Wildman–Crippen LogP) is 2.17. The number of nitrogens with zero attached hydrogens (tertiary/aromatic N) is 2. The Morgan fingerprint density at radius 1 is 1.19 bits per heavy atom. The molecule has 0 aliphatic heterocycles. The van der Waals surface area contributed by atoms with Crippen LogP contribution in [0.2, 0.25) is 0 Å². The first-order valence-corrected chi connectivity index (χ1v) is 10.2. The maximum Gasteiger partial charge on any atom is 0.260 e. The quantitative estimate of drug-likeness (QED) is 0.554. The molecule has 0 aromatic heterocycles. The summed E-state index contributed by atoms with van der Waals surface area (Å²) in [4.78, 5) is 12.3. The molecule has 0 fully saturated rings. The number of carbonyl (C=O) groups excluding carboxylic acids is 1. The number of carbonyl (C=O) groups is 1. The fraction of sp³-hybridized carbons (Fsp3) is 0.263. The van der Waals surface area contributed by atoms with Gasteiger partial charge in [0.2, 0.25) is 10.0 Å². The number of amides is 1. The number of hydrogen-bond donors (Lipinski definition) is 1. The molecular weight excluding hydrogens is 366 g/mol. The van der Waals surface area contributed by atoms with Crippen molar-refractivity contribution in [2.24, 2.45) is 5.10 Å². The van der Waals surface area contributed by atoms with Gasteiger partial charge < -0.3 is 4.74 Å². The average Bonchev–Trinajstić information content (AvgIpc) is 2.65. The third-order valence-electron chi connectivity index (χ3n) is 3.86. The second-order valence-electron chi connectivity index (χ2n) is 5.79. The summed E-state index contributed by atoms with van der Waals surface area (Å²) in [6.07, 6.45) is 3.17. The summed E-state index contributed by atoms with van der Waals surface area (Å²) in [5.74, 6) is 0.0719. The summed E-state index contributed by atoms with van der Waals surface area (Å²) < 4.78 is 30.7. The third-order valence-corrected chi connectivity index (χ3v) is 4.99. The molecule has 144 valence electrons. The number of para-hydroxylation sites is 2. The zero-order valence-electron chi connectivity index (χ0n) is 15.5. The Morgan fingerprint density at radius 3 is 2.52 bits per heavy atom. The molecule has 0 saturated heterocycles. The molecule has 0 unspecified atom stereocenters. The monoisotopic (exact) mass is 389 g/mol. The van der Waals surface area contributed by atoms with E-state index in [2.05, 4.69) is 10.5 Å². The second kappa shape index (κ2) is 9.18. The highest BCUT2D eigenvalue weighted by atomic mass is 32.2. The molecule has 0 saturated carbocycles. The highest BCUT2D eigenvalue weighted by Gasteiger charge is 2.22. The predicted molar refractivity (Wildman–Crippen MR) is 107 cm³/mol. The molecule has 0 spiro atoms. The topological polar surface area (TPSA) is 88.1 Å². The number of anilines is 1. The van der Waals surface area contributed by atoms with E-state index in [4.69, 9.17) is 4.74 Å². The van der Waals surface area contributed by atoms with Crippen molar-refractivity contribution >= 4 is 27.8 Å². The maximum absolute atomic E-state index is 12.3. The Balaban J connectivity index is 2.14. The van der Waals surface area contributed by atoms with Gasteiger partial charge in [-0.15, -0.1) is 0 Å². The van der Waals surface area contributed by atoms with E-state index >= 15 is 0 Å². The van der Waals surface area contributed by atoms with E-state index < -0.39 is 15.9 Å². The maximum atomic E-state index is 12.3. The van der Waals surface area contributed by atoms with Crippen LogP contribution in [0.15, 0.2) is 53.6 Å². The van der Waals surface area contributed by atoms with Crippen LogP contribution in [0, 0.1) is 0 Å². The number of sulfonamides is 1. The third kappa shape index (κ3) is 5.55. The van der Waals surface area contributed by atoms with E-state index in [-0.39, 0.29) is 6.54 Å². The smallest absolute Gasteiger partial charge is 0.260 e. The molecule has 2 aromatic rings. The Labute approximate surface area is 159 Å². The molecule has 0 atom stereocenters. The number of benzene rings is 2. The van der Waals surface area contributed by atoms with E-state index in [0.29, 0.717) is 23.4 Å². The lowest BCUT2D eigenvalue weighted by Gasteiger charge is -2.23. The number of methoxy groups -OCH3 is 1. The molecule has 0 bridgehead atoms. The summed E-state index contributed by atoms with van der Waals surface area (Å²) in [7, 11) is -2.09. The molecule has 0 radical (unpaired) electrons. The summed E-state index contributed by atoms with van der Waals surface area (Å²) in [5.41, 5.74) is 4.39. The minimum Gasteiger partial charge on any atom is -0.496 e. The van der Waals surface area contributed by atoms with Crippen molar-refractivity contribution in [3.05, 3.63) is 59.7 Å². The lowest BCUT2D eigenvalue weighted by atomic mass is 10.1. The first-order valence-electron chi connectivity index (χ1n) is 8.37. The molecule has 0 aliphatic rings. The SMILES string of the molecule is CCc1ccccc1N(CC(=O)N/N=C\c1ccccc1OC)S(C)(=O)=O. The van der Waals surface area contributed by atoms with Gasteiger partial charge in [-0.05, 0) is 30.2 Å². The van der Waals surface area contributed by atoms with Gasteiger partial charge in [0.25, 0.3) is 5.91 Å². The molecular formula is C19H23N3O4S. The van der Waals surface area contributed by atoms with Crippen molar-refractivity contribution in [1.29, 1.82) is 0 Å². The largest absolute Gasteiger partial charge is 0.496 e. The van der Waals surface area contributed by atoms with Crippen molar-refractivity contribution < 1.29 is 17.9 Å². The second-order valence-corrected chi connectivity index (χ2v) is 7.69. The minimum atomic E-state index is -3.63. The number of rotatable bonds is 8. The van der Waals surface area contributed by atoms with Crippen LogP contribution < -0.4 is 14.5 Å². The van der Waals surface area contributed by atoms with Gasteiger partial charge >= 0.3 is 0 Å². The number of hydrogen-bond acceptors (Lipinski definition) is 5. The van der Waals surface area contributed by atoms with Crippen LogP contribution in [-0.2, 0) is 21.2 Å². The molecule has 0 aliphatic carbocycles. The standard InChI is InChI=1S/C19H23N3O4S/c1-4-15-9-5-7-11-17(15)22(27(3,24)25)14-19(23)21-20-13-16-10-6-8-12-18(16)26-2/h5-13H,4,14H2,1-3H3,(H,21,23)/b20-13-. The van der Waals surface area contributed by atoms with Crippen molar-refractivity contribution in [2.45, 2.75) is 13.3 Å². The van der Waals surface area contributed by atoms with Crippen molar-refractivity contribution in [3.8, 4) is 5.75 Å². The Hall–Kier alpha value is -2.87. The van der Waals surface area contributed by atoms with Gasteiger partial charge in [0.05, 0.1) is 25.3 Å². The van der Waals surface area contributed by atoms with E-state index in [9.17, 15) is 13.2 Å².